The summed E-state index contributed by atoms with van der Waals surface area (Å²) in [7, 11) is 0. The van der Waals surface area contributed by atoms with E-state index in [1.807, 2.05) is 0 Å². The molecule has 296 valence electrons. The first-order valence-electron chi connectivity index (χ1n) is 22.2. The second-order valence-corrected chi connectivity index (χ2v) is 18.0. The van der Waals surface area contributed by atoms with Gasteiger partial charge in [-0.2, -0.15) is 0 Å². The number of rotatable bonds is 4. The Labute approximate surface area is 369 Å². The zero-order valence-electron chi connectivity index (χ0n) is 35.3. The summed E-state index contributed by atoms with van der Waals surface area (Å²) in [6.07, 6.45) is 0. The van der Waals surface area contributed by atoms with Gasteiger partial charge in [-0.25, -0.2) is 0 Å². The highest BCUT2D eigenvalue weighted by Gasteiger charge is 2.51. The van der Waals surface area contributed by atoms with Crippen LogP contribution in [0.25, 0.3) is 66.4 Å². The lowest BCUT2D eigenvalue weighted by Gasteiger charge is -2.43. The summed E-state index contributed by atoms with van der Waals surface area (Å²) in [6.45, 7) is 4.79. The van der Waals surface area contributed by atoms with Gasteiger partial charge in [0.25, 0.3) is 0 Å². The fourth-order valence-corrected chi connectivity index (χ4v) is 11.6. The van der Waals surface area contributed by atoms with Gasteiger partial charge in [0.05, 0.1) is 22.5 Å². The molecule has 0 atom stereocenters. The summed E-state index contributed by atoms with van der Waals surface area (Å²) in [5, 5.41) is 2.46. The minimum Gasteiger partial charge on any atom is -0.309 e. The van der Waals surface area contributed by atoms with Crippen LogP contribution in [0.2, 0.25) is 0 Å². The van der Waals surface area contributed by atoms with Gasteiger partial charge in [0.15, 0.2) is 0 Å². The number of hydrogen-bond donors (Lipinski definition) is 0. The molecule has 10 aromatic rings. The van der Waals surface area contributed by atoms with E-state index in [0.717, 1.165) is 0 Å². The SMILES string of the molecule is CC1(C)c2cc(-c3ccccc3)ccc2N(c2ccc(-c3ccc4c(c3)C3(c5ccccc5-c5ccccc53)c3ccccc3-4)c3ccccc23)c2ccc(-c3ccccc3)cc21. The van der Waals surface area contributed by atoms with Gasteiger partial charge in [0.1, 0.15) is 0 Å². The van der Waals surface area contributed by atoms with Gasteiger partial charge in [0, 0.05) is 10.8 Å². The minimum absolute atomic E-state index is 0.262. The minimum atomic E-state index is -0.393. The quantitative estimate of drug-likeness (QED) is 0.171. The Morgan fingerprint density at radius 1 is 0.270 bits per heavy atom. The molecule has 3 aliphatic rings. The molecule has 1 nitrogen and oxygen atoms in total. The largest absolute Gasteiger partial charge is 0.309 e. The number of nitrogens with zero attached hydrogens (tertiary/aromatic N) is 1. The predicted octanol–water partition coefficient (Wildman–Crippen LogP) is 16.3. The fourth-order valence-electron chi connectivity index (χ4n) is 11.6. The molecule has 1 heterocycles. The molecule has 1 spiro atoms. The maximum absolute atomic E-state index is 2.53. The first kappa shape index (κ1) is 36.0. The number of benzene rings is 10. The van der Waals surface area contributed by atoms with Gasteiger partial charge in [-0.05, 0) is 131 Å². The Balaban J connectivity index is 1.02. The summed E-state index contributed by atoms with van der Waals surface area (Å²) in [5.74, 6) is 0. The number of hydrogen-bond acceptors (Lipinski definition) is 1. The van der Waals surface area contributed by atoms with Crippen LogP contribution in [0, 0.1) is 0 Å². The van der Waals surface area contributed by atoms with Crippen LogP contribution in [0.15, 0.2) is 224 Å². The van der Waals surface area contributed by atoms with Gasteiger partial charge < -0.3 is 4.90 Å². The fraction of sp³-hybridized carbons (Fsp3) is 0.0645. The van der Waals surface area contributed by atoms with Crippen molar-refractivity contribution in [3.05, 3.63) is 258 Å². The molecular weight excluding hydrogens is 759 g/mol. The molecule has 13 rings (SSSR count). The molecule has 0 saturated heterocycles. The molecule has 0 saturated carbocycles. The van der Waals surface area contributed by atoms with Gasteiger partial charge in [-0.3, -0.25) is 0 Å². The Morgan fingerprint density at radius 3 is 1.21 bits per heavy atom. The molecule has 0 amide bonds. The van der Waals surface area contributed by atoms with Crippen molar-refractivity contribution in [2.24, 2.45) is 0 Å². The van der Waals surface area contributed by atoms with Crippen molar-refractivity contribution in [3.63, 3.8) is 0 Å². The van der Waals surface area contributed by atoms with Crippen molar-refractivity contribution in [2.75, 3.05) is 4.90 Å². The Morgan fingerprint density at radius 2 is 0.667 bits per heavy atom. The van der Waals surface area contributed by atoms with Crippen LogP contribution >= 0.6 is 0 Å². The smallest absolute Gasteiger partial charge is 0.0725 e. The molecule has 0 unspecified atom stereocenters. The van der Waals surface area contributed by atoms with Crippen LogP contribution in [-0.2, 0) is 10.8 Å². The molecule has 10 aromatic carbocycles. The molecule has 1 heteroatoms. The first-order valence-corrected chi connectivity index (χ1v) is 22.2. The summed E-state index contributed by atoms with van der Waals surface area (Å²) in [4.78, 5) is 2.53. The second kappa shape index (κ2) is 13.4. The second-order valence-electron chi connectivity index (χ2n) is 18.0. The number of fused-ring (bicyclic) bond motifs is 13. The van der Waals surface area contributed by atoms with Crippen molar-refractivity contribution < 1.29 is 0 Å². The maximum Gasteiger partial charge on any atom is 0.0725 e. The molecule has 0 fully saturated rings. The molecule has 63 heavy (non-hydrogen) atoms. The third-order valence-electron chi connectivity index (χ3n) is 14.5. The van der Waals surface area contributed by atoms with Gasteiger partial charge >= 0.3 is 0 Å². The van der Waals surface area contributed by atoms with E-state index >= 15 is 0 Å². The molecule has 2 aliphatic carbocycles. The van der Waals surface area contributed by atoms with Crippen LogP contribution in [0.4, 0.5) is 17.1 Å². The predicted molar refractivity (Wildman–Crippen MR) is 263 cm³/mol. The van der Waals surface area contributed by atoms with Crippen LogP contribution in [0.1, 0.15) is 47.2 Å². The van der Waals surface area contributed by atoms with Crippen LogP contribution in [-0.4, -0.2) is 0 Å². The molecule has 0 bridgehead atoms. The lowest BCUT2D eigenvalue weighted by atomic mass is 9.70. The van der Waals surface area contributed by atoms with Crippen LogP contribution in [0.3, 0.4) is 0 Å². The van der Waals surface area contributed by atoms with Gasteiger partial charge in [0.2, 0.25) is 0 Å². The third kappa shape index (κ3) is 4.99. The van der Waals surface area contributed by atoms with Crippen molar-refractivity contribution in [2.45, 2.75) is 24.7 Å². The summed E-state index contributed by atoms with van der Waals surface area (Å²) < 4.78 is 0. The van der Waals surface area contributed by atoms with Gasteiger partial charge in [-0.1, -0.05) is 202 Å². The van der Waals surface area contributed by atoms with E-state index in [1.165, 1.54) is 117 Å². The van der Waals surface area contributed by atoms with Gasteiger partial charge in [-0.15, -0.1) is 0 Å². The van der Waals surface area contributed by atoms with Crippen molar-refractivity contribution >= 4 is 27.8 Å². The van der Waals surface area contributed by atoms with E-state index in [1.54, 1.807) is 0 Å². The number of anilines is 3. The zero-order chi connectivity index (χ0) is 41.9. The Kier molecular flexibility index (Phi) is 7.64. The van der Waals surface area contributed by atoms with E-state index in [0.29, 0.717) is 0 Å². The molecule has 0 N–H and O–H groups in total. The topological polar surface area (TPSA) is 3.24 Å². The lowest BCUT2D eigenvalue weighted by molar-refractivity contribution is 0.632. The average Bonchev–Trinajstić information content (AvgIpc) is 3.81. The zero-order valence-corrected chi connectivity index (χ0v) is 35.3. The third-order valence-corrected chi connectivity index (χ3v) is 14.5. The van der Waals surface area contributed by atoms with Crippen molar-refractivity contribution in [3.8, 4) is 55.6 Å². The average molecular weight is 802 g/mol. The summed E-state index contributed by atoms with van der Waals surface area (Å²) in [5.41, 5.74) is 23.7. The molecule has 0 radical (unpaired) electrons. The Hall–Kier alpha value is -7.74. The molecule has 1 aliphatic heterocycles. The highest BCUT2D eigenvalue weighted by Crippen LogP contribution is 2.63. The Bertz CT molecular complexity index is 3330. The van der Waals surface area contributed by atoms with E-state index < -0.39 is 5.41 Å². The lowest BCUT2D eigenvalue weighted by Crippen LogP contribution is -2.31. The standard InChI is InChI=1S/C62H43N/c1-61(2)56-37-42(40-17-5-3-6-18-40)30-34-59(56)63(60-35-31-43(38-57(60)61)41-19-7-4-8-20-41)58-36-33-45(46-21-9-10-25-51(46)58)44-29-32-50-49-24-13-16-28-54(49)62(55(50)39-44)52-26-14-11-22-47(52)48-23-12-15-27-53(48)62/h3-39H,1-2H3. The highest BCUT2D eigenvalue weighted by atomic mass is 15.2. The van der Waals surface area contributed by atoms with Crippen LogP contribution in [0.5, 0.6) is 0 Å². The van der Waals surface area contributed by atoms with E-state index in [9.17, 15) is 0 Å². The van der Waals surface area contributed by atoms with E-state index in [2.05, 4.69) is 243 Å². The summed E-state index contributed by atoms with van der Waals surface area (Å²) >= 11 is 0. The van der Waals surface area contributed by atoms with Crippen molar-refractivity contribution in [1.29, 1.82) is 0 Å². The highest BCUT2D eigenvalue weighted by molar-refractivity contribution is 6.08. The van der Waals surface area contributed by atoms with E-state index in [4.69, 9.17) is 0 Å². The van der Waals surface area contributed by atoms with Crippen LogP contribution < -0.4 is 4.90 Å². The summed E-state index contributed by atoms with van der Waals surface area (Å²) in [6, 6.07) is 84.0. The normalized spacial score (nSPS) is 14.4. The monoisotopic (exact) mass is 801 g/mol. The molecular formula is C62H43N. The first-order chi connectivity index (χ1) is 31.0. The van der Waals surface area contributed by atoms with Crippen molar-refractivity contribution in [1.82, 2.24) is 0 Å². The van der Waals surface area contributed by atoms with E-state index in [-0.39, 0.29) is 5.41 Å². The maximum atomic E-state index is 2.53. The molecule has 0 aromatic heterocycles.